The second-order valence-corrected chi connectivity index (χ2v) is 6.88. The monoisotopic (exact) mass is 409 g/mol. The van der Waals surface area contributed by atoms with Crippen molar-refractivity contribution in [3.63, 3.8) is 0 Å². The zero-order valence-electron chi connectivity index (χ0n) is 13.6. The van der Waals surface area contributed by atoms with E-state index in [9.17, 15) is 4.39 Å². The number of benzene rings is 3. The normalized spacial score (nSPS) is 10.6. The lowest BCUT2D eigenvalue weighted by atomic mass is 10.2. The topological polar surface area (TPSA) is 21.3 Å². The van der Waals surface area contributed by atoms with Gasteiger partial charge in [-0.3, -0.25) is 0 Å². The van der Waals surface area contributed by atoms with Gasteiger partial charge in [-0.15, -0.1) is 0 Å². The second-order valence-electron chi connectivity index (χ2n) is 5.63. The van der Waals surface area contributed by atoms with E-state index in [0.29, 0.717) is 32.9 Å². The Balaban J connectivity index is 1.67. The third kappa shape index (κ3) is 4.82. The van der Waals surface area contributed by atoms with Gasteiger partial charge in [-0.05, 0) is 48.0 Å². The van der Waals surface area contributed by atoms with Crippen LogP contribution < -0.4 is 10.1 Å². The van der Waals surface area contributed by atoms with Crippen LogP contribution in [-0.4, -0.2) is 0 Å². The number of rotatable bonds is 6. The highest BCUT2D eigenvalue weighted by molar-refractivity contribution is 6.37. The fourth-order valence-corrected chi connectivity index (χ4v) is 3.16. The molecule has 26 heavy (non-hydrogen) atoms. The van der Waals surface area contributed by atoms with E-state index in [1.165, 1.54) is 6.07 Å². The summed E-state index contributed by atoms with van der Waals surface area (Å²) in [5, 5.41) is 4.69. The van der Waals surface area contributed by atoms with E-state index in [4.69, 9.17) is 39.5 Å². The maximum absolute atomic E-state index is 13.7. The van der Waals surface area contributed by atoms with Crippen molar-refractivity contribution in [1.82, 2.24) is 0 Å². The van der Waals surface area contributed by atoms with Gasteiger partial charge in [0.2, 0.25) is 0 Å². The summed E-state index contributed by atoms with van der Waals surface area (Å²) in [5.74, 6) is 0.00959. The highest BCUT2D eigenvalue weighted by Gasteiger charge is 2.11. The van der Waals surface area contributed by atoms with Crippen LogP contribution in [0.2, 0.25) is 15.1 Å². The average Bonchev–Trinajstić information content (AvgIpc) is 2.62. The summed E-state index contributed by atoms with van der Waals surface area (Å²) >= 11 is 18.5. The summed E-state index contributed by atoms with van der Waals surface area (Å²) in [4.78, 5) is 0. The molecule has 0 spiro atoms. The summed E-state index contributed by atoms with van der Waals surface area (Å²) in [6.07, 6.45) is 0. The van der Waals surface area contributed by atoms with E-state index in [2.05, 4.69) is 5.32 Å². The first-order chi connectivity index (χ1) is 12.5. The molecular weight excluding hydrogens is 396 g/mol. The van der Waals surface area contributed by atoms with E-state index >= 15 is 0 Å². The van der Waals surface area contributed by atoms with Crippen LogP contribution in [0.5, 0.6) is 5.75 Å². The first kappa shape index (κ1) is 18.8. The van der Waals surface area contributed by atoms with Gasteiger partial charge in [0.1, 0.15) is 12.4 Å². The molecule has 0 fully saturated rings. The lowest BCUT2D eigenvalue weighted by Gasteiger charge is -2.13. The van der Waals surface area contributed by atoms with Crippen LogP contribution in [0.4, 0.5) is 10.1 Å². The van der Waals surface area contributed by atoms with Gasteiger partial charge >= 0.3 is 0 Å². The lowest BCUT2D eigenvalue weighted by molar-refractivity contribution is 0.300. The van der Waals surface area contributed by atoms with Crippen molar-refractivity contribution in [3.8, 4) is 5.75 Å². The zero-order valence-corrected chi connectivity index (χ0v) is 15.9. The third-order valence-corrected chi connectivity index (χ3v) is 4.54. The Morgan fingerprint density at radius 1 is 0.885 bits per heavy atom. The van der Waals surface area contributed by atoms with Gasteiger partial charge in [-0.25, -0.2) is 4.39 Å². The first-order valence-electron chi connectivity index (χ1n) is 7.86. The van der Waals surface area contributed by atoms with Crippen molar-refractivity contribution in [2.24, 2.45) is 0 Å². The Morgan fingerprint density at radius 3 is 2.19 bits per heavy atom. The summed E-state index contributed by atoms with van der Waals surface area (Å²) in [5.41, 5.74) is 2.27. The molecule has 0 aliphatic carbocycles. The Hall–Kier alpha value is -1.94. The SMILES string of the molecule is Fc1ccccc1COc1c(Cl)cc(CNc2ccc(Cl)cc2)cc1Cl. The number of halogens is 4. The van der Waals surface area contributed by atoms with E-state index < -0.39 is 0 Å². The van der Waals surface area contributed by atoms with Crippen LogP contribution >= 0.6 is 34.8 Å². The molecule has 0 heterocycles. The molecule has 0 aromatic heterocycles. The van der Waals surface area contributed by atoms with Crippen LogP contribution in [0, 0.1) is 5.82 Å². The highest BCUT2D eigenvalue weighted by atomic mass is 35.5. The summed E-state index contributed by atoms with van der Waals surface area (Å²) in [6, 6.07) is 17.3. The quantitative estimate of drug-likeness (QED) is 0.473. The molecule has 0 unspecified atom stereocenters. The van der Waals surface area contributed by atoms with E-state index in [1.54, 1.807) is 30.3 Å². The van der Waals surface area contributed by atoms with Gasteiger partial charge in [0.25, 0.3) is 0 Å². The van der Waals surface area contributed by atoms with Crippen LogP contribution in [-0.2, 0) is 13.2 Å². The van der Waals surface area contributed by atoms with Crippen molar-refractivity contribution in [1.29, 1.82) is 0 Å². The number of anilines is 1. The predicted octanol–water partition coefficient (Wildman–Crippen LogP) is 6.98. The Bertz CT molecular complexity index is 877. The Morgan fingerprint density at radius 2 is 1.54 bits per heavy atom. The van der Waals surface area contributed by atoms with Gasteiger partial charge < -0.3 is 10.1 Å². The number of hydrogen-bond donors (Lipinski definition) is 1. The van der Waals surface area contributed by atoms with Gasteiger partial charge in [0.05, 0.1) is 10.0 Å². The van der Waals surface area contributed by atoms with E-state index in [0.717, 1.165) is 11.3 Å². The molecule has 0 radical (unpaired) electrons. The zero-order chi connectivity index (χ0) is 18.5. The molecule has 3 aromatic carbocycles. The fourth-order valence-electron chi connectivity index (χ4n) is 2.39. The van der Waals surface area contributed by atoms with E-state index in [-0.39, 0.29) is 12.4 Å². The molecule has 0 aliphatic heterocycles. The number of nitrogens with one attached hydrogen (secondary N) is 1. The molecule has 3 aromatic rings. The molecular formula is C20H15Cl3FNO. The molecule has 3 rings (SSSR count). The minimum Gasteiger partial charge on any atom is -0.486 e. The molecule has 0 saturated carbocycles. The van der Waals surface area contributed by atoms with Crippen molar-refractivity contribution in [2.75, 3.05) is 5.32 Å². The maximum atomic E-state index is 13.7. The minimum absolute atomic E-state index is 0.0501. The summed E-state index contributed by atoms with van der Waals surface area (Å²) in [6.45, 7) is 0.586. The van der Waals surface area contributed by atoms with Gasteiger partial charge in [-0.1, -0.05) is 53.0 Å². The van der Waals surface area contributed by atoms with Crippen LogP contribution in [0.1, 0.15) is 11.1 Å². The predicted molar refractivity (Wildman–Crippen MR) is 106 cm³/mol. The smallest absolute Gasteiger partial charge is 0.156 e. The molecule has 0 saturated heterocycles. The molecule has 0 bridgehead atoms. The summed E-state index contributed by atoms with van der Waals surface area (Å²) < 4.78 is 19.3. The maximum Gasteiger partial charge on any atom is 0.156 e. The first-order valence-corrected chi connectivity index (χ1v) is 9.00. The second kappa shape index (κ2) is 8.63. The largest absolute Gasteiger partial charge is 0.486 e. The molecule has 6 heteroatoms. The molecule has 0 aliphatic rings. The van der Waals surface area contributed by atoms with Crippen molar-refractivity contribution >= 4 is 40.5 Å². The number of hydrogen-bond acceptors (Lipinski definition) is 2. The molecule has 0 atom stereocenters. The Labute approximate surface area is 166 Å². The standard InChI is InChI=1S/C20H15Cl3FNO/c21-15-5-7-16(8-6-15)25-11-13-9-17(22)20(18(23)10-13)26-12-14-3-1-2-4-19(14)24/h1-10,25H,11-12H2. The lowest BCUT2D eigenvalue weighted by Crippen LogP contribution is -2.02. The average molecular weight is 411 g/mol. The fraction of sp³-hybridized carbons (Fsp3) is 0.100. The molecule has 1 N–H and O–H groups in total. The van der Waals surface area contributed by atoms with Crippen molar-refractivity contribution < 1.29 is 9.13 Å². The summed E-state index contributed by atoms with van der Waals surface area (Å²) in [7, 11) is 0. The molecule has 0 amide bonds. The molecule has 134 valence electrons. The van der Waals surface area contributed by atoms with Crippen molar-refractivity contribution in [2.45, 2.75) is 13.2 Å². The third-order valence-electron chi connectivity index (χ3n) is 3.73. The highest BCUT2D eigenvalue weighted by Crippen LogP contribution is 2.35. The number of ether oxygens (including phenoxy) is 1. The molecule has 2 nitrogen and oxygen atoms in total. The van der Waals surface area contributed by atoms with Crippen LogP contribution in [0.3, 0.4) is 0 Å². The minimum atomic E-state index is -0.330. The van der Waals surface area contributed by atoms with Crippen molar-refractivity contribution in [3.05, 3.63) is 92.7 Å². The van der Waals surface area contributed by atoms with Crippen LogP contribution in [0.15, 0.2) is 60.7 Å². The van der Waals surface area contributed by atoms with Gasteiger partial charge in [0.15, 0.2) is 5.75 Å². The Kier molecular flexibility index (Phi) is 6.25. The van der Waals surface area contributed by atoms with Gasteiger partial charge in [-0.2, -0.15) is 0 Å². The van der Waals surface area contributed by atoms with E-state index in [1.807, 2.05) is 24.3 Å². The van der Waals surface area contributed by atoms with Gasteiger partial charge in [0, 0.05) is 22.8 Å². The van der Waals surface area contributed by atoms with Crippen LogP contribution in [0.25, 0.3) is 0 Å².